The molecule has 1 aromatic carbocycles. The first kappa shape index (κ1) is 16.1. The van der Waals surface area contributed by atoms with Gasteiger partial charge in [-0.1, -0.05) is 43.0 Å². The van der Waals surface area contributed by atoms with Gasteiger partial charge in [0.05, 0.1) is 0 Å². The summed E-state index contributed by atoms with van der Waals surface area (Å²) in [6.45, 7) is 5.90. The van der Waals surface area contributed by atoms with Gasteiger partial charge >= 0.3 is 6.09 Å². The largest absolute Gasteiger partial charge is 0.445 e. The van der Waals surface area contributed by atoms with E-state index >= 15 is 0 Å². The lowest BCUT2D eigenvalue weighted by atomic mass is 10.1. The van der Waals surface area contributed by atoms with Gasteiger partial charge in [0.15, 0.2) is 0 Å². The van der Waals surface area contributed by atoms with E-state index in [0.717, 1.165) is 6.42 Å². The maximum absolute atomic E-state index is 12.2. The first-order valence-corrected chi connectivity index (χ1v) is 7.55. The van der Waals surface area contributed by atoms with Crippen molar-refractivity contribution in [2.24, 2.45) is 0 Å². The van der Waals surface area contributed by atoms with Gasteiger partial charge in [-0.15, -0.1) is 0 Å². The van der Waals surface area contributed by atoms with Gasteiger partial charge in [-0.3, -0.25) is 4.79 Å². The van der Waals surface area contributed by atoms with Crippen molar-refractivity contribution in [1.82, 2.24) is 9.80 Å². The van der Waals surface area contributed by atoms with Crippen LogP contribution in [-0.2, 0) is 16.0 Å². The fourth-order valence-corrected chi connectivity index (χ4v) is 2.41. The smallest absolute Gasteiger partial charge is 0.410 e. The van der Waals surface area contributed by atoms with Gasteiger partial charge in [0, 0.05) is 32.6 Å². The maximum atomic E-state index is 12.2. The Bertz CT molecular complexity index is 508. The fraction of sp³-hybridized carbons (Fsp3) is 0.412. The van der Waals surface area contributed by atoms with Crippen molar-refractivity contribution in [1.29, 1.82) is 0 Å². The molecule has 1 aliphatic rings. The maximum Gasteiger partial charge on any atom is 0.410 e. The molecule has 0 aliphatic carbocycles. The van der Waals surface area contributed by atoms with Crippen molar-refractivity contribution in [3.05, 3.63) is 48.6 Å². The number of carbonyl (C=O) groups excluding carboxylic acids is 2. The van der Waals surface area contributed by atoms with Gasteiger partial charge in [-0.05, 0) is 12.0 Å². The van der Waals surface area contributed by atoms with Crippen LogP contribution in [0.3, 0.4) is 0 Å². The molecule has 1 aliphatic heterocycles. The Labute approximate surface area is 131 Å². The molecule has 0 N–H and O–H groups in total. The average Bonchev–Trinajstić information content (AvgIpc) is 2.58. The highest BCUT2D eigenvalue weighted by molar-refractivity contribution is 5.77. The zero-order valence-electron chi connectivity index (χ0n) is 12.7. The topological polar surface area (TPSA) is 49.9 Å². The van der Waals surface area contributed by atoms with Crippen LogP contribution in [0, 0.1) is 0 Å². The predicted octanol–water partition coefficient (Wildman–Crippen LogP) is 2.09. The van der Waals surface area contributed by atoms with Crippen LogP contribution in [0.15, 0.2) is 43.0 Å². The molecule has 0 saturated carbocycles. The highest BCUT2D eigenvalue weighted by Crippen LogP contribution is 2.08. The fourth-order valence-electron chi connectivity index (χ4n) is 2.41. The molecule has 2 amide bonds. The zero-order valence-corrected chi connectivity index (χ0v) is 12.7. The standard InChI is InChI=1S/C17H22N2O3/c1-2-14-22-17(21)19-12-10-18(11-13-19)16(20)9-8-15-6-4-3-5-7-15/h2-7H,1,8-14H2. The molecule has 0 spiro atoms. The predicted molar refractivity (Wildman–Crippen MR) is 84.5 cm³/mol. The Kier molecular flexibility index (Phi) is 6.01. The molecule has 0 unspecified atom stereocenters. The molecule has 1 aromatic rings. The summed E-state index contributed by atoms with van der Waals surface area (Å²) in [7, 11) is 0. The summed E-state index contributed by atoms with van der Waals surface area (Å²) in [6, 6.07) is 9.98. The van der Waals surface area contributed by atoms with Gasteiger partial charge in [0.25, 0.3) is 0 Å². The molecule has 0 atom stereocenters. The minimum Gasteiger partial charge on any atom is -0.445 e. The molecule has 1 saturated heterocycles. The van der Waals surface area contributed by atoms with Gasteiger partial charge < -0.3 is 14.5 Å². The Hall–Kier alpha value is -2.30. The normalized spacial score (nSPS) is 14.5. The number of benzene rings is 1. The lowest BCUT2D eigenvalue weighted by Crippen LogP contribution is -2.50. The second-order valence-corrected chi connectivity index (χ2v) is 5.22. The molecule has 1 fully saturated rings. The van der Waals surface area contributed by atoms with Gasteiger partial charge in [0.2, 0.25) is 5.91 Å². The molecular weight excluding hydrogens is 280 g/mol. The first-order valence-electron chi connectivity index (χ1n) is 7.55. The SMILES string of the molecule is C=CCOC(=O)N1CCN(C(=O)CCc2ccccc2)CC1. The Morgan fingerprint density at radius 2 is 1.73 bits per heavy atom. The quantitative estimate of drug-likeness (QED) is 0.783. The number of amides is 2. The summed E-state index contributed by atoms with van der Waals surface area (Å²) >= 11 is 0. The third-order valence-electron chi connectivity index (χ3n) is 3.69. The molecule has 2 rings (SSSR count). The highest BCUT2D eigenvalue weighted by atomic mass is 16.6. The number of hydrogen-bond donors (Lipinski definition) is 0. The van der Waals surface area contributed by atoms with Crippen LogP contribution in [0.4, 0.5) is 4.79 Å². The molecular formula is C17H22N2O3. The zero-order chi connectivity index (χ0) is 15.8. The molecule has 118 valence electrons. The Morgan fingerprint density at radius 1 is 1.09 bits per heavy atom. The van der Waals surface area contributed by atoms with E-state index in [4.69, 9.17) is 4.74 Å². The second kappa shape index (κ2) is 8.22. The molecule has 1 heterocycles. The highest BCUT2D eigenvalue weighted by Gasteiger charge is 2.24. The lowest BCUT2D eigenvalue weighted by molar-refractivity contribution is -0.132. The van der Waals surface area contributed by atoms with E-state index in [1.807, 2.05) is 35.2 Å². The van der Waals surface area contributed by atoms with E-state index in [0.29, 0.717) is 32.6 Å². The minimum atomic E-state index is -0.337. The molecule has 0 radical (unpaired) electrons. The summed E-state index contributed by atoms with van der Waals surface area (Å²) in [5.41, 5.74) is 1.17. The van der Waals surface area contributed by atoms with Crippen molar-refractivity contribution in [3.8, 4) is 0 Å². The van der Waals surface area contributed by atoms with E-state index in [-0.39, 0.29) is 18.6 Å². The molecule has 0 bridgehead atoms. The monoisotopic (exact) mass is 302 g/mol. The number of aryl methyl sites for hydroxylation is 1. The number of ether oxygens (including phenoxy) is 1. The number of carbonyl (C=O) groups is 2. The molecule has 22 heavy (non-hydrogen) atoms. The first-order chi connectivity index (χ1) is 10.7. The second-order valence-electron chi connectivity index (χ2n) is 5.22. The summed E-state index contributed by atoms with van der Waals surface area (Å²) in [4.78, 5) is 27.3. The lowest BCUT2D eigenvalue weighted by Gasteiger charge is -2.34. The Balaban J connectivity index is 1.73. The van der Waals surface area contributed by atoms with Crippen LogP contribution in [0.25, 0.3) is 0 Å². The van der Waals surface area contributed by atoms with Crippen molar-refractivity contribution in [2.75, 3.05) is 32.8 Å². The van der Waals surface area contributed by atoms with Gasteiger partial charge in [-0.2, -0.15) is 0 Å². The average molecular weight is 302 g/mol. The molecule has 5 nitrogen and oxygen atoms in total. The van der Waals surface area contributed by atoms with E-state index in [2.05, 4.69) is 6.58 Å². The van der Waals surface area contributed by atoms with Crippen LogP contribution in [0.1, 0.15) is 12.0 Å². The third-order valence-corrected chi connectivity index (χ3v) is 3.69. The minimum absolute atomic E-state index is 0.142. The third kappa shape index (κ3) is 4.62. The van der Waals surface area contributed by atoms with Crippen LogP contribution in [-0.4, -0.2) is 54.6 Å². The van der Waals surface area contributed by atoms with Crippen LogP contribution in [0.2, 0.25) is 0 Å². The summed E-state index contributed by atoms with van der Waals surface area (Å²) in [5.74, 6) is 0.142. The van der Waals surface area contributed by atoms with Crippen molar-refractivity contribution < 1.29 is 14.3 Å². The number of hydrogen-bond acceptors (Lipinski definition) is 3. The van der Waals surface area contributed by atoms with E-state index < -0.39 is 0 Å². The van der Waals surface area contributed by atoms with Crippen LogP contribution >= 0.6 is 0 Å². The van der Waals surface area contributed by atoms with E-state index in [1.165, 1.54) is 5.56 Å². The number of rotatable bonds is 5. The summed E-state index contributed by atoms with van der Waals surface area (Å²) in [6.07, 6.45) is 2.46. The van der Waals surface area contributed by atoms with Crippen molar-refractivity contribution >= 4 is 12.0 Å². The number of nitrogens with zero attached hydrogens (tertiary/aromatic N) is 2. The summed E-state index contributed by atoms with van der Waals surface area (Å²) < 4.78 is 5.00. The summed E-state index contributed by atoms with van der Waals surface area (Å²) in [5, 5.41) is 0. The van der Waals surface area contributed by atoms with Crippen LogP contribution < -0.4 is 0 Å². The van der Waals surface area contributed by atoms with Crippen molar-refractivity contribution in [3.63, 3.8) is 0 Å². The van der Waals surface area contributed by atoms with E-state index in [9.17, 15) is 9.59 Å². The van der Waals surface area contributed by atoms with Gasteiger partial charge in [-0.25, -0.2) is 4.79 Å². The van der Waals surface area contributed by atoms with Gasteiger partial charge in [0.1, 0.15) is 6.61 Å². The van der Waals surface area contributed by atoms with Crippen LogP contribution in [0.5, 0.6) is 0 Å². The van der Waals surface area contributed by atoms with E-state index in [1.54, 1.807) is 11.0 Å². The van der Waals surface area contributed by atoms with Crippen molar-refractivity contribution in [2.45, 2.75) is 12.8 Å². The Morgan fingerprint density at radius 3 is 2.36 bits per heavy atom. The molecule has 5 heteroatoms. The molecule has 0 aromatic heterocycles. The number of piperazine rings is 1.